The minimum absolute atomic E-state index is 0.405. The van der Waals surface area contributed by atoms with E-state index in [2.05, 4.69) is 4.74 Å². The van der Waals surface area contributed by atoms with Crippen LogP contribution in [0.2, 0.25) is 0 Å². The van der Waals surface area contributed by atoms with Crippen LogP contribution in [0, 0.1) is 0 Å². The van der Waals surface area contributed by atoms with Crippen LogP contribution in [0.15, 0.2) is 24.3 Å². The van der Waals surface area contributed by atoms with E-state index in [1.165, 1.54) is 7.11 Å². The number of ether oxygens (including phenoxy) is 2. The SMILES string of the molecule is COC(=O)C(C)Oc1ccc(CC(N)=S)cc1. The molecule has 1 aromatic carbocycles. The van der Waals surface area contributed by atoms with Gasteiger partial charge in [0.05, 0.1) is 12.1 Å². The van der Waals surface area contributed by atoms with E-state index in [0.29, 0.717) is 17.2 Å². The molecule has 5 heteroatoms. The number of rotatable bonds is 5. The third kappa shape index (κ3) is 4.40. The van der Waals surface area contributed by atoms with Gasteiger partial charge in [0.1, 0.15) is 5.75 Å². The fraction of sp³-hybridized carbons (Fsp3) is 0.333. The third-order valence-electron chi connectivity index (χ3n) is 2.15. The lowest BCUT2D eigenvalue weighted by molar-refractivity contribution is -0.147. The van der Waals surface area contributed by atoms with Crippen molar-refractivity contribution in [3.63, 3.8) is 0 Å². The first kappa shape index (κ1) is 13.4. The van der Waals surface area contributed by atoms with Gasteiger partial charge in [-0.05, 0) is 24.6 Å². The Hall–Kier alpha value is -1.62. The van der Waals surface area contributed by atoms with E-state index in [1.54, 1.807) is 19.1 Å². The summed E-state index contributed by atoms with van der Waals surface area (Å²) in [5, 5.41) is 0. The third-order valence-corrected chi connectivity index (χ3v) is 2.29. The molecule has 0 fully saturated rings. The zero-order valence-electron chi connectivity index (χ0n) is 9.80. The molecule has 0 aliphatic heterocycles. The van der Waals surface area contributed by atoms with Crippen LogP contribution < -0.4 is 10.5 Å². The van der Waals surface area contributed by atoms with Crippen molar-refractivity contribution in [2.75, 3.05) is 7.11 Å². The molecule has 0 aliphatic rings. The molecule has 0 spiro atoms. The van der Waals surface area contributed by atoms with Crippen molar-refractivity contribution in [3.8, 4) is 5.75 Å². The number of hydrogen-bond acceptors (Lipinski definition) is 4. The summed E-state index contributed by atoms with van der Waals surface area (Å²) in [6.07, 6.45) is -0.0660. The first-order chi connectivity index (χ1) is 8.02. The summed E-state index contributed by atoms with van der Waals surface area (Å²) in [5.74, 6) is 0.201. The Morgan fingerprint density at radius 3 is 2.47 bits per heavy atom. The normalized spacial score (nSPS) is 11.6. The fourth-order valence-corrected chi connectivity index (χ4v) is 1.47. The van der Waals surface area contributed by atoms with E-state index in [4.69, 9.17) is 22.7 Å². The first-order valence-electron chi connectivity index (χ1n) is 5.14. The average Bonchev–Trinajstić information content (AvgIpc) is 2.30. The molecule has 0 saturated carbocycles. The molecule has 1 rings (SSSR count). The van der Waals surface area contributed by atoms with Gasteiger partial charge >= 0.3 is 5.97 Å². The summed E-state index contributed by atoms with van der Waals surface area (Å²) < 4.78 is 9.95. The number of carbonyl (C=O) groups is 1. The predicted molar refractivity (Wildman–Crippen MR) is 69.0 cm³/mol. The zero-order chi connectivity index (χ0) is 12.8. The van der Waals surface area contributed by atoms with Gasteiger partial charge in [0, 0.05) is 6.42 Å². The Morgan fingerprint density at radius 2 is 2.00 bits per heavy atom. The highest BCUT2D eigenvalue weighted by molar-refractivity contribution is 7.80. The molecule has 0 amide bonds. The van der Waals surface area contributed by atoms with Crippen molar-refractivity contribution in [1.29, 1.82) is 0 Å². The molecule has 0 aromatic heterocycles. The molecule has 1 unspecified atom stereocenters. The molecule has 1 aromatic rings. The number of hydrogen-bond donors (Lipinski definition) is 1. The molecule has 0 aliphatic carbocycles. The van der Waals surface area contributed by atoms with E-state index in [-0.39, 0.29) is 0 Å². The minimum Gasteiger partial charge on any atom is -0.479 e. The molecule has 1 atom stereocenters. The summed E-state index contributed by atoms with van der Waals surface area (Å²) >= 11 is 4.82. The van der Waals surface area contributed by atoms with Crippen molar-refractivity contribution < 1.29 is 14.3 Å². The molecule has 0 saturated heterocycles. The van der Waals surface area contributed by atoms with Crippen molar-refractivity contribution in [1.82, 2.24) is 0 Å². The molecule has 0 heterocycles. The van der Waals surface area contributed by atoms with Gasteiger partial charge in [-0.1, -0.05) is 24.4 Å². The first-order valence-corrected chi connectivity index (χ1v) is 5.55. The molecule has 17 heavy (non-hydrogen) atoms. The highest BCUT2D eigenvalue weighted by Gasteiger charge is 2.14. The van der Waals surface area contributed by atoms with Gasteiger partial charge in [0.15, 0.2) is 6.10 Å². The Morgan fingerprint density at radius 1 is 1.41 bits per heavy atom. The Kier molecular flexibility index (Phi) is 4.90. The van der Waals surface area contributed by atoms with Gasteiger partial charge in [0.2, 0.25) is 0 Å². The maximum absolute atomic E-state index is 11.1. The summed E-state index contributed by atoms with van der Waals surface area (Å²) in [7, 11) is 1.33. The van der Waals surface area contributed by atoms with Gasteiger partial charge in [0.25, 0.3) is 0 Å². The highest BCUT2D eigenvalue weighted by atomic mass is 32.1. The maximum Gasteiger partial charge on any atom is 0.346 e. The second-order valence-corrected chi connectivity index (χ2v) is 4.09. The summed E-state index contributed by atoms with van der Waals surface area (Å²) in [6, 6.07) is 7.26. The number of benzene rings is 1. The van der Waals surface area contributed by atoms with Gasteiger partial charge in [-0.2, -0.15) is 0 Å². The minimum atomic E-state index is -0.624. The van der Waals surface area contributed by atoms with Crippen LogP contribution in [0.1, 0.15) is 12.5 Å². The zero-order valence-corrected chi connectivity index (χ0v) is 10.6. The molecule has 92 valence electrons. The van der Waals surface area contributed by atoms with Crippen LogP contribution in [0.3, 0.4) is 0 Å². The van der Waals surface area contributed by atoms with Crippen LogP contribution >= 0.6 is 12.2 Å². The smallest absolute Gasteiger partial charge is 0.346 e. The highest BCUT2D eigenvalue weighted by Crippen LogP contribution is 2.14. The largest absolute Gasteiger partial charge is 0.479 e. The lowest BCUT2D eigenvalue weighted by Gasteiger charge is -2.12. The number of nitrogens with two attached hydrogens (primary N) is 1. The molecular formula is C12H15NO3S. The number of thiocarbonyl (C=S) groups is 1. The van der Waals surface area contributed by atoms with Crippen LogP contribution in [0.25, 0.3) is 0 Å². The molecule has 0 bridgehead atoms. The molecule has 0 radical (unpaired) electrons. The molecular weight excluding hydrogens is 238 g/mol. The maximum atomic E-state index is 11.1. The van der Waals surface area contributed by atoms with Crippen LogP contribution in [-0.4, -0.2) is 24.2 Å². The summed E-state index contributed by atoms with van der Waals surface area (Å²) in [4.78, 5) is 11.6. The standard InChI is InChI=1S/C12H15NO3S/c1-8(12(14)15-2)16-10-5-3-9(4-6-10)7-11(13)17/h3-6,8H,7H2,1-2H3,(H2,13,17). The van der Waals surface area contributed by atoms with Crippen LogP contribution in [-0.2, 0) is 16.0 Å². The second kappa shape index (κ2) is 6.20. The van der Waals surface area contributed by atoms with E-state index >= 15 is 0 Å². The number of carbonyl (C=O) groups excluding carboxylic acids is 1. The topological polar surface area (TPSA) is 61.5 Å². The van der Waals surface area contributed by atoms with Gasteiger partial charge < -0.3 is 15.2 Å². The summed E-state index contributed by atoms with van der Waals surface area (Å²) in [5.41, 5.74) is 6.45. The van der Waals surface area contributed by atoms with Gasteiger partial charge in [-0.3, -0.25) is 0 Å². The predicted octanol–water partition coefficient (Wildman–Crippen LogP) is 1.46. The van der Waals surface area contributed by atoms with Gasteiger partial charge in [-0.15, -0.1) is 0 Å². The second-order valence-electron chi connectivity index (χ2n) is 3.57. The average molecular weight is 253 g/mol. The van der Waals surface area contributed by atoms with E-state index in [1.807, 2.05) is 12.1 Å². The van der Waals surface area contributed by atoms with Crippen LogP contribution in [0.5, 0.6) is 5.75 Å². The number of esters is 1. The Bertz CT molecular complexity index is 403. The number of methoxy groups -OCH3 is 1. The van der Waals surface area contributed by atoms with Crippen molar-refractivity contribution in [3.05, 3.63) is 29.8 Å². The Balaban J connectivity index is 2.62. The van der Waals surface area contributed by atoms with Crippen LogP contribution in [0.4, 0.5) is 0 Å². The fourth-order valence-electron chi connectivity index (χ4n) is 1.31. The molecule has 2 N–H and O–H groups in total. The quantitative estimate of drug-likeness (QED) is 0.636. The van der Waals surface area contributed by atoms with Crippen molar-refractivity contribution in [2.45, 2.75) is 19.4 Å². The molecule has 4 nitrogen and oxygen atoms in total. The van der Waals surface area contributed by atoms with Crippen molar-refractivity contribution >= 4 is 23.2 Å². The van der Waals surface area contributed by atoms with Crippen molar-refractivity contribution in [2.24, 2.45) is 5.73 Å². The summed E-state index contributed by atoms with van der Waals surface area (Å²) in [6.45, 7) is 1.63. The lowest BCUT2D eigenvalue weighted by atomic mass is 10.1. The Labute approximate surface area is 106 Å². The van der Waals surface area contributed by atoms with Gasteiger partial charge in [-0.25, -0.2) is 4.79 Å². The van der Waals surface area contributed by atoms with E-state index in [0.717, 1.165) is 5.56 Å². The van der Waals surface area contributed by atoms with E-state index in [9.17, 15) is 4.79 Å². The monoisotopic (exact) mass is 253 g/mol. The van der Waals surface area contributed by atoms with E-state index < -0.39 is 12.1 Å². The lowest BCUT2D eigenvalue weighted by Crippen LogP contribution is -2.24.